The Hall–Kier alpha value is -4.16. The van der Waals surface area contributed by atoms with Gasteiger partial charge in [0.2, 0.25) is 0 Å². The molecule has 174 valence electrons. The molecule has 6 heteroatoms. The van der Waals surface area contributed by atoms with Gasteiger partial charge in [-0.05, 0) is 23.2 Å². The van der Waals surface area contributed by atoms with Crippen LogP contribution in [0.2, 0.25) is 0 Å². The Morgan fingerprint density at radius 1 is 0.750 bits per heavy atom. The van der Waals surface area contributed by atoms with Crippen molar-refractivity contribution < 1.29 is 27.5 Å². The molecular weight excluding hydrogens is 629 g/mol. The van der Waals surface area contributed by atoms with Crippen molar-refractivity contribution in [3.05, 3.63) is 109 Å². The van der Waals surface area contributed by atoms with Crippen LogP contribution < -0.4 is 4.98 Å². The van der Waals surface area contributed by atoms with Crippen LogP contribution in [-0.2, 0) is 22.4 Å². The minimum absolute atomic E-state index is 0. The van der Waals surface area contributed by atoms with E-state index in [2.05, 4.69) is 50.9 Å². The molecule has 36 heavy (non-hydrogen) atoms. The van der Waals surface area contributed by atoms with Crippen molar-refractivity contribution in [1.82, 2.24) is 19.5 Å². The average Bonchev–Trinajstić information content (AvgIpc) is 3.46. The van der Waals surface area contributed by atoms with Crippen LogP contribution in [-0.4, -0.2) is 19.6 Å². The van der Waals surface area contributed by atoms with Crippen LogP contribution in [0.1, 0.15) is 0 Å². The van der Waals surface area contributed by atoms with Gasteiger partial charge in [0.25, 0.3) is 0 Å². The molecule has 0 atom stereocenters. The summed E-state index contributed by atoms with van der Waals surface area (Å²) in [5.41, 5.74) is 7.00. The van der Waals surface area contributed by atoms with Gasteiger partial charge < -0.3 is 14.7 Å². The van der Waals surface area contributed by atoms with Crippen molar-refractivity contribution in [2.24, 2.45) is 0 Å². The van der Waals surface area contributed by atoms with E-state index < -0.39 is 0 Å². The second-order valence-electron chi connectivity index (χ2n) is 8.31. The summed E-state index contributed by atoms with van der Waals surface area (Å²) in [6.07, 6.45) is 3.30. The molecule has 0 amide bonds. The smallest absolute Gasteiger partial charge is 0.697 e. The first-order valence-corrected chi connectivity index (χ1v) is 11.3. The molecule has 0 saturated heterocycles. The summed E-state index contributed by atoms with van der Waals surface area (Å²) in [4.78, 5) is 14.0. The Labute approximate surface area is 222 Å². The molecule has 0 aliphatic carbocycles. The van der Waals surface area contributed by atoms with E-state index in [0.717, 1.165) is 27.7 Å². The van der Waals surface area contributed by atoms with Crippen LogP contribution in [0.3, 0.4) is 0 Å². The third-order valence-electron chi connectivity index (χ3n) is 6.30. The summed E-state index contributed by atoms with van der Waals surface area (Å²) >= 11 is 0. The molecule has 3 heterocycles. The van der Waals surface area contributed by atoms with Crippen molar-refractivity contribution >= 4 is 32.8 Å². The quantitative estimate of drug-likeness (QED) is 0.180. The van der Waals surface area contributed by atoms with Crippen LogP contribution in [0, 0.1) is 12.1 Å². The zero-order chi connectivity index (χ0) is 23.4. The fourth-order valence-electron chi connectivity index (χ4n) is 4.77. The van der Waals surface area contributed by atoms with E-state index in [4.69, 9.17) is 4.98 Å². The summed E-state index contributed by atoms with van der Waals surface area (Å²) < 4.78 is 2.18. The standard InChI is InChI=1S/C30H17N4O.Au/c35-26-15-6-3-12-23(26)28-30-29(31-16-17-32-30)27(33-28)19-8-7-9-20(18-19)34-24-13-4-1-10-21(24)22-11-2-5-14-25(22)34;/h1-13,15-17H,(H-,31,32,33,35);/q-3;+3. The molecule has 0 saturated carbocycles. The van der Waals surface area contributed by atoms with Crippen LogP contribution >= 0.6 is 0 Å². The number of nitrogens with zero attached hydrogens (tertiary/aromatic N) is 4. The maximum atomic E-state index is 10.5. The number of hydrogen-bond acceptors (Lipinski definition) is 3. The van der Waals surface area contributed by atoms with Gasteiger partial charge in [-0.25, -0.2) is 0 Å². The second-order valence-corrected chi connectivity index (χ2v) is 8.31. The predicted octanol–water partition coefficient (Wildman–Crippen LogP) is 6.32. The van der Waals surface area contributed by atoms with E-state index in [1.54, 1.807) is 24.5 Å². The van der Waals surface area contributed by atoms with Crippen molar-refractivity contribution in [1.29, 1.82) is 0 Å². The molecular formula is C30H17AuN4O. The molecule has 0 fully saturated rings. The van der Waals surface area contributed by atoms with Crippen molar-refractivity contribution in [3.8, 4) is 34.0 Å². The van der Waals surface area contributed by atoms with Crippen molar-refractivity contribution in [2.75, 3.05) is 0 Å². The zero-order valence-electron chi connectivity index (χ0n) is 18.8. The first-order chi connectivity index (χ1) is 17.3. The normalized spacial score (nSPS) is 11.2. The first kappa shape index (κ1) is 22.3. The Morgan fingerprint density at radius 2 is 1.50 bits per heavy atom. The van der Waals surface area contributed by atoms with Gasteiger partial charge in [-0.15, -0.1) is 35.3 Å². The van der Waals surface area contributed by atoms with Crippen molar-refractivity contribution in [2.45, 2.75) is 0 Å². The summed E-state index contributed by atoms with van der Waals surface area (Å²) in [6, 6.07) is 34.5. The largest absolute Gasteiger partial charge is 3.00 e. The topological polar surface area (TPSA) is 65.0 Å². The van der Waals surface area contributed by atoms with Gasteiger partial charge in [0.1, 0.15) is 5.75 Å². The fraction of sp³-hybridized carbons (Fsp3) is 0. The summed E-state index contributed by atoms with van der Waals surface area (Å²) in [5.74, 6) is 0.155. The molecule has 0 spiro atoms. The van der Waals surface area contributed by atoms with Gasteiger partial charge in [0.15, 0.2) is 0 Å². The molecule has 5 nitrogen and oxygen atoms in total. The predicted molar refractivity (Wildman–Crippen MR) is 137 cm³/mol. The maximum Gasteiger partial charge on any atom is 3.00 e. The minimum atomic E-state index is 0. The van der Waals surface area contributed by atoms with Crippen LogP contribution in [0.25, 0.3) is 61.0 Å². The molecule has 7 rings (SSSR count). The third kappa shape index (κ3) is 3.37. The van der Waals surface area contributed by atoms with E-state index in [-0.39, 0.29) is 28.1 Å². The number of para-hydroxylation sites is 3. The number of aromatic hydroxyl groups is 1. The monoisotopic (exact) mass is 646 g/mol. The van der Waals surface area contributed by atoms with Gasteiger partial charge in [0, 0.05) is 29.0 Å². The van der Waals surface area contributed by atoms with Crippen LogP contribution in [0.5, 0.6) is 5.75 Å². The van der Waals surface area contributed by atoms with E-state index in [0.29, 0.717) is 28.0 Å². The zero-order valence-corrected chi connectivity index (χ0v) is 20.9. The van der Waals surface area contributed by atoms with E-state index in [1.165, 1.54) is 5.39 Å². The van der Waals surface area contributed by atoms with E-state index >= 15 is 0 Å². The fourth-order valence-corrected chi connectivity index (χ4v) is 4.77. The van der Waals surface area contributed by atoms with E-state index in [9.17, 15) is 5.11 Å². The SMILES string of the molecule is Oc1ccccc1-c1[n-]c(-c2[c-]c(-n3c4[c-]cccc4c4ccccc43)ccc2)c2nccnc12.[Au+3]. The Kier molecular flexibility index (Phi) is 5.46. The molecule has 0 unspecified atom stereocenters. The summed E-state index contributed by atoms with van der Waals surface area (Å²) in [6.45, 7) is 0. The number of fused-ring (bicyclic) bond motifs is 4. The van der Waals surface area contributed by atoms with Gasteiger partial charge in [-0.2, -0.15) is 35.5 Å². The molecule has 0 radical (unpaired) electrons. The molecule has 4 aromatic carbocycles. The Morgan fingerprint density at radius 3 is 2.36 bits per heavy atom. The van der Waals surface area contributed by atoms with Crippen molar-refractivity contribution in [3.63, 3.8) is 0 Å². The second kappa shape index (κ2) is 8.81. The Bertz CT molecular complexity index is 1830. The minimum Gasteiger partial charge on any atom is -0.697 e. The van der Waals surface area contributed by atoms with Gasteiger partial charge in [-0.3, -0.25) is 9.97 Å². The van der Waals surface area contributed by atoms with Gasteiger partial charge in [-0.1, -0.05) is 41.9 Å². The van der Waals surface area contributed by atoms with Gasteiger partial charge in [0.05, 0.1) is 5.52 Å². The maximum absolute atomic E-state index is 10.5. The number of phenolic OH excluding ortho intramolecular Hbond substituents is 1. The van der Waals surface area contributed by atoms with Gasteiger partial charge >= 0.3 is 22.4 Å². The first-order valence-electron chi connectivity index (χ1n) is 11.3. The third-order valence-corrected chi connectivity index (χ3v) is 6.30. The molecule has 7 aromatic rings. The van der Waals surface area contributed by atoms with Crippen LogP contribution in [0.4, 0.5) is 0 Å². The molecule has 0 aliphatic heterocycles. The number of phenols is 1. The Balaban J connectivity index is 0.00000240. The number of benzene rings is 4. The molecule has 0 aliphatic rings. The molecule has 3 aromatic heterocycles. The summed E-state index contributed by atoms with van der Waals surface area (Å²) in [7, 11) is 0. The summed E-state index contributed by atoms with van der Waals surface area (Å²) in [5, 5.41) is 12.8. The average molecular weight is 646 g/mol. The van der Waals surface area contributed by atoms with Crippen LogP contribution in [0.15, 0.2) is 97.3 Å². The molecule has 0 bridgehead atoms. The number of hydrogen-bond donors (Lipinski definition) is 1. The van der Waals surface area contributed by atoms with E-state index in [1.807, 2.05) is 48.5 Å². The number of rotatable bonds is 3. The molecule has 1 N–H and O–H groups in total. The number of aromatic nitrogens is 4.